The van der Waals surface area contributed by atoms with E-state index in [9.17, 15) is 4.79 Å². The fourth-order valence-electron chi connectivity index (χ4n) is 3.04. The van der Waals surface area contributed by atoms with Crippen LogP contribution >= 0.6 is 11.8 Å². The first kappa shape index (κ1) is 19.7. The van der Waals surface area contributed by atoms with Crippen molar-refractivity contribution in [3.8, 4) is 5.75 Å². The molecular formula is C22H25NO3S. The Labute approximate surface area is 165 Å². The summed E-state index contributed by atoms with van der Waals surface area (Å²) in [4.78, 5) is 16.1. The van der Waals surface area contributed by atoms with E-state index in [1.165, 1.54) is 4.90 Å². The number of allylic oxidation sites excluding steroid dienone is 1. The van der Waals surface area contributed by atoms with E-state index in [1.807, 2.05) is 42.7 Å². The number of nitrogens with zero attached hydrogens (tertiary/aromatic N) is 1. The zero-order chi connectivity index (χ0) is 19.1. The van der Waals surface area contributed by atoms with Gasteiger partial charge < -0.3 is 9.47 Å². The van der Waals surface area contributed by atoms with Gasteiger partial charge in [0.05, 0.1) is 20.3 Å². The SMILES string of the molecule is COc1ccc(C(=O)/C=C/c2ccc(SC)cc2)cc1CN1CCOCC1. The van der Waals surface area contributed by atoms with Crippen molar-refractivity contribution in [1.82, 2.24) is 4.90 Å². The van der Waals surface area contributed by atoms with Crippen molar-refractivity contribution in [3.05, 3.63) is 65.2 Å². The summed E-state index contributed by atoms with van der Waals surface area (Å²) in [6, 6.07) is 13.8. The lowest BCUT2D eigenvalue weighted by Gasteiger charge is -2.27. The largest absolute Gasteiger partial charge is 0.496 e. The Morgan fingerprint density at radius 3 is 2.59 bits per heavy atom. The van der Waals surface area contributed by atoms with Crippen molar-refractivity contribution in [2.45, 2.75) is 11.4 Å². The van der Waals surface area contributed by atoms with E-state index in [-0.39, 0.29) is 5.78 Å². The summed E-state index contributed by atoms with van der Waals surface area (Å²) < 4.78 is 10.9. The Hall–Kier alpha value is -2.08. The molecule has 0 spiro atoms. The maximum atomic E-state index is 12.6. The van der Waals surface area contributed by atoms with Gasteiger partial charge in [0.25, 0.3) is 0 Å². The van der Waals surface area contributed by atoms with Gasteiger partial charge in [-0.1, -0.05) is 18.2 Å². The van der Waals surface area contributed by atoms with Gasteiger partial charge in [0.2, 0.25) is 0 Å². The van der Waals surface area contributed by atoms with Crippen molar-refractivity contribution in [2.24, 2.45) is 0 Å². The zero-order valence-electron chi connectivity index (χ0n) is 15.8. The molecule has 1 fully saturated rings. The molecule has 27 heavy (non-hydrogen) atoms. The van der Waals surface area contributed by atoms with Gasteiger partial charge in [0, 0.05) is 35.7 Å². The molecule has 1 heterocycles. The molecule has 0 aliphatic carbocycles. The molecule has 1 aliphatic rings. The van der Waals surface area contributed by atoms with Crippen molar-refractivity contribution in [2.75, 3.05) is 39.7 Å². The molecule has 0 atom stereocenters. The molecule has 5 heteroatoms. The number of benzene rings is 2. The maximum absolute atomic E-state index is 12.6. The van der Waals surface area contributed by atoms with E-state index in [1.54, 1.807) is 24.9 Å². The summed E-state index contributed by atoms with van der Waals surface area (Å²) in [5.41, 5.74) is 2.72. The molecule has 0 amide bonds. The van der Waals surface area contributed by atoms with Crippen LogP contribution in [0.3, 0.4) is 0 Å². The molecule has 3 rings (SSSR count). The van der Waals surface area contributed by atoms with Crippen LogP contribution in [0.15, 0.2) is 53.4 Å². The third-order valence-corrected chi connectivity index (χ3v) is 5.35. The highest BCUT2D eigenvalue weighted by Gasteiger charge is 2.15. The zero-order valence-corrected chi connectivity index (χ0v) is 16.6. The monoisotopic (exact) mass is 383 g/mol. The Morgan fingerprint density at radius 1 is 1.19 bits per heavy atom. The molecule has 0 radical (unpaired) electrons. The van der Waals surface area contributed by atoms with Crippen LogP contribution in [-0.4, -0.2) is 50.4 Å². The van der Waals surface area contributed by atoms with E-state index in [0.29, 0.717) is 5.56 Å². The topological polar surface area (TPSA) is 38.8 Å². The fraction of sp³-hybridized carbons (Fsp3) is 0.318. The second-order valence-electron chi connectivity index (χ2n) is 6.39. The normalized spacial score (nSPS) is 15.2. The molecule has 0 N–H and O–H groups in total. The smallest absolute Gasteiger partial charge is 0.185 e. The van der Waals surface area contributed by atoms with Crippen molar-refractivity contribution in [1.29, 1.82) is 0 Å². The Balaban J connectivity index is 1.73. The highest BCUT2D eigenvalue weighted by atomic mass is 32.2. The maximum Gasteiger partial charge on any atom is 0.185 e. The highest BCUT2D eigenvalue weighted by molar-refractivity contribution is 7.98. The van der Waals surface area contributed by atoms with E-state index in [0.717, 1.165) is 49.7 Å². The molecule has 4 nitrogen and oxygen atoms in total. The molecule has 0 unspecified atom stereocenters. The van der Waals surface area contributed by atoms with Crippen LogP contribution in [0, 0.1) is 0 Å². The van der Waals surface area contributed by atoms with Crippen LogP contribution in [0.2, 0.25) is 0 Å². The highest BCUT2D eigenvalue weighted by Crippen LogP contribution is 2.23. The van der Waals surface area contributed by atoms with Gasteiger partial charge >= 0.3 is 0 Å². The molecule has 142 valence electrons. The summed E-state index contributed by atoms with van der Waals surface area (Å²) in [6.45, 7) is 4.05. The van der Waals surface area contributed by atoms with Crippen LogP contribution in [0.5, 0.6) is 5.75 Å². The van der Waals surface area contributed by atoms with Crippen LogP contribution in [0.25, 0.3) is 6.08 Å². The van der Waals surface area contributed by atoms with Gasteiger partial charge in [-0.3, -0.25) is 9.69 Å². The van der Waals surface area contributed by atoms with Gasteiger partial charge in [-0.25, -0.2) is 0 Å². The van der Waals surface area contributed by atoms with Gasteiger partial charge in [-0.15, -0.1) is 11.8 Å². The second kappa shape index (κ2) is 9.74. The molecule has 0 saturated carbocycles. The van der Waals surface area contributed by atoms with Crippen LogP contribution < -0.4 is 4.74 Å². The first-order chi connectivity index (χ1) is 13.2. The van der Waals surface area contributed by atoms with E-state index in [4.69, 9.17) is 9.47 Å². The summed E-state index contributed by atoms with van der Waals surface area (Å²) in [7, 11) is 1.66. The number of hydrogen-bond donors (Lipinski definition) is 0. The fourth-order valence-corrected chi connectivity index (χ4v) is 3.45. The van der Waals surface area contributed by atoms with Gasteiger partial charge in [-0.05, 0) is 48.2 Å². The predicted molar refractivity (Wildman–Crippen MR) is 111 cm³/mol. The minimum absolute atomic E-state index is 0.00479. The molecular weight excluding hydrogens is 358 g/mol. The molecule has 2 aromatic carbocycles. The average Bonchev–Trinajstić information content (AvgIpc) is 2.73. The summed E-state index contributed by atoms with van der Waals surface area (Å²) in [6.07, 6.45) is 5.54. The summed E-state index contributed by atoms with van der Waals surface area (Å²) in [5, 5.41) is 0. The Morgan fingerprint density at radius 2 is 1.93 bits per heavy atom. The first-order valence-corrected chi connectivity index (χ1v) is 10.3. The van der Waals surface area contributed by atoms with E-state index in [2.05, 4.69) is 17.0 Å². The van der Waals surface area contributed by atoms with Gasteiger partial charge in [0.15, 0.2) is 5.78 Å². The number of hydrogen-bond acceptors (Lipinski definition) is 5. The van der Waals surface area contributed by atoms with E-state index >= 15 is 0 Å². The number of methoxy groups -OCH3 is 1. The molecule has 0 bridgehead atoms. The lowest BCUT2D eigenvalue weighted by molar-refractivity contribution is 0.0338. The third-order valence-electron chi connectivity index (χ3n) is 4.61. The lowest BCUT2D eigenvalue weighted by atomic mass is 10.0. The third kappa shape index (κ3) is 5.45. The van der Waals surface area contributed by atoms with Gasteiger partial charge in [-0.2, -0.15) is 0 Å². The van der Waals surface area contributed by atoms with Crippen LogP contribution in [0.1, 0.15) is 21.5 Å². The number of thioether (sulfide) groups is 1. The Bertz CT molecular complexity index is 796. The minimum Gasteiger partial charge on any atom is -0.496 e. The van der Waals surface area contributed by atoms with Crippen molar-refractivity contribution < 1.29 is 14.3 Å². The number of ether oxygens (including phenoxy) is 2. The lowest BCUT2D eigenvalue weighted by Crippen LogP contribution is -2.35. The van der Waals surface area contributed by atoms with Crippen molar-refractivity contribution in [3.63, 3.8) is 0 Å². The summed E-state index contributed by atoms with van der Waals surface area (Å²) >= 11 is 1.70. The second-order valence-corrected chi connectivity index (χ2v) is 7.27. The number of carbonyl (C=O) groups excluding carboxylic acids is 1. The van der Waals surface area contributed by atoms with Crippen LogP contribution in [0.4, 0.5) is 0 Å². The quantitative estimate of drug-likeness (QED) is 0.408. The molecule has 2 aromatic rings. The average molecular weight is 384 g/mol. The van der Waals surface area contributed by atoms with Crippen LogP contribution in [-0.2, 0) is 11.3 Å². The van der Waals surface area contributed by atoms with Gasteiger partial charge in [0.1, 0.15) is 5.75 Å². The number of ketones is 1. The summed E-state index contributed by atoms with van der Waals surface area (Å²) in [5.74, 6) is 0.810. The predicted octanol–water partition coefficient (Wildman–Crippen LogP) is 4.15. The number of carbonyl (C=O) groups is 1. The molecule has 0 aromatic heterocycles. The standard InChI is InChI=1S/C22H25NO3S/c1-25-22-10-6-18(15-19(22)16-23-11-13-26-14-12-23)21(24)9-5-17-3-7-20(27-2)8-4-17/h3-10,15H,11-14,16H2,1-2H3/b9-5+. The Kier molecular flexibility index (Phi) is 7.10. The van der Waals surface area contributed by atoms with E-state index < -0.39 is 0 Å². The van der Waals surface area contributed by atoms with Crippen molar-refractivity contribution >= 4 is 23.6 Å². The molecule has 1 saturated heterocycles. The first-order valence-electron chi connectivity index (χ1n) is 9.03. The molecule has 1 aliphatic heterocycles. The minimum atomic E-state index is -0.00479. The number of morpholine rings is 1. The number of rotatable bonds is 7.